The molecule has 2 atom stereocenters. The van der Waals surface area contributed by atoms with Gasteiger partial charge in [-0.1, -0.05) is 35.8 Å². The van der Waals surface area contributed by atoms with Crippen molar-refractivity contribution in [3.05, 3.63) is 35.7 Å². The summed E-state index contributed by atoms with van der Waals surface area (Å²) >= 11 is 0. The minimum atomic E-state index is 0.0238. The lowest BCUT2D eigenvalue weighted by atomic mass is 9.77. The molecule has 2 aliphatic heterocycles. The van der Waals surface area contributed by atoms with Crippen molar-refractivity contribution in [2.24, 2.45) is 5.41 Å². The van der Waals surface area contributed by atoms with Gasteiger partial charge in [0.05, 0.1) is 5.92 Å². The lowest BCUT2D eigenvalue weighted by molar-refractivity contribution is -0.130. The van der Waals surface area contributed by atoms with Crippen molar-refractivity contribution < 1.29 is 9.32 Å². The van der Waals surface area contributed by atoms with Crippen LogP contribution in [0.25, 0.3) is 11.4 Å². The third kappa shape index (κ3) is 2.92. The van der Waals surface area contributed by atoms with Crippen molar-refractivity contribution >= 4 is 5.91 Å². The first-order valence-electron chi connectivity index (χ1n) is 9.38. The highest BCUT2D eigenvalue weighted by atomic mass is 16.5. The predicted octanol–water partition coefficient (Wildman–Crippen LogP) is 2.70. The summed E-state index contributed by atoms with van der Waals surface area (Å²) in [6.45, 7) is 7.45. The van der Waals surface area contributed by atoms with E-state index in [0.717, 1.165) is 31.6 Å². The van der Waals surface area contributed by atoms with Gasteiger partial charge in [-0.2, -0.15) is 4.98 Å². The number of carbonyl (C=O) groups is 1. The van der Waals surface area contributed by atoms with Crippen LogP contribution in [0, 0.1) is 12.3 Å². The maximum atomic E-state index is 12.3. The Bertz CT molecular complexity index is 818. The van der Waals surface area contributed by atoms with Crippen molar-refractivity contribution in [1.82, 2.24) is 19.9 Å². The van der Waals surface area contributed by atoms with Crippen LogP contribution >= 0.6 is 0 Å². The summed E-state index contributed by atoms with van der Waals surface area (Å²) in [6, 6.07) is 8.13. The maximum Gasteiger partial charge on any atom is 0.232 e. The van der Waals surface area contributed by atoms with Gasteiger partial charge in [0, 0.05) is 37.0 Å². The van der Waals surface area contributed by atoms with Gasteiger partial charge in [-0.25, -0.2) is 0 Å². The SMILES string of the molecule is CCC(=O)N1C[C@@H](c2nc(-c3cccc(C)c3)no2)[C@]2(CCN(C)C2)C1. The molecule has 2 aromatic rings. The number of likely N-dealkylation sites (tertiary alicyclic amines) is 2. The van der Waals surface area contributed by atoms with Crippen LogP contribution in [0.2, 0.25) is 0 Å². The highest BCUT2D eigenvalue weighted by molar-refractivity contribution is 5.76. The van der Waals surface area contributed by atoms with E-state index in [1.54, 1.807) is 0 Å². The molecular formula is C20H26N4O2. The predicted molar refractivity (Wildman–Crippen MR) is 98.6 cm³/mol. The molecule has 0 bridgehead atoms. The van der Waals surface area contributed by atoms with Crippen molar-refractivity contribution in [3.63, 3.8) is 0 Å². The normalized spacial score (nSPS) is 26.1. The molecule has 2 aliphatic rings. The van der Waals surface area contributed by atoms with E-state index >= 15 is 0 Å². The smallest absolute Gasteiger partial charge is 0.232 e. The van der Waals surface area contributed by atoms with Gasteiger partial charge < -0.3 is 14.3 Å². The zero-order valence-corrected chi connectivity index (χ0v) is 15.7. The van der Waals surface area contributed by atoms with Crippen LogP contribution in [-0.4, -0.2) is 59.1 Å². The highest BCUT2D eigenvalue weighted by Gasteiger charge is 2.53. The fraction of sp³-hybridized carbons (Fsp3) is 0.550. The molecule has 138 valence electrons. The van der Waals surface area contributed by atoms with Crippen LogP contribution in [0.5, 0.6) is 0 Å². The molecule has 3 heterocycles. The second kappa shape index (κ2) is 6.50. The minimum absolute atomic E-state index is 0.0238. The van der Waals surface area contributed by atoms with Crippen LogP contribution < -0.4 is 0 Å². The van der Waals surface area contributed by atoms with E-state index in [1.807, 2.05) is 24.0 Å². The number of aryl methyl sites for hydroxylation is 1. The summed E-state index contributed by atoms with van der Waals surface area (Å²) < 4.78 is 5.71. The molecule has 6 heteroatoms. The zero-order chi connectivity index (χ0) is 18.3. The molecule has 1 spiro atoms. The van der Waals surface area contributed by atoms with Gasteiger partial charge in [0.2, 0.25) is 17.6 Å². The van der Waals surface area contributed by atoms with Crippen molar-refractivity contribution in [1.29, 1.82) is 0 Å². The number of amides is 1. The van der Waals surface area contributed by atoms with Crippen LogP contribution in [0.1, 0.15) is 37.1 Å². The molecule has 2 saturated heterocycles. The van der Waals surface area contributed by atoms with Gasteiger partial charge in [0.1, 0.15) is 0 Å². The topological polar surface area (TPSA) is 62.5 Å². The summed E-state index contributed by atoms with van der Waals surface area (Å²) in [6.07, 6.45) is 1.60. The molecule has 6 nitrogen and oxygen atoms in total. The van der Waals surface area contributed by atoms with Gasteiger partial charge in [-0.3, -0.25) is 4.79 Å². The summed E-state index contributed by atoms with van der Waals surface area (Å²) in [5, 5.41) is 4.23. The fourth-order valence-electron chi connectivity index (χ4n) is 4.52. The van der Waals surface area contributed by atoms with Crippen molar-refractivity contribution in [2.75, 3.05) is 33.2 Å². The Labute approximate surface area is 154 Å². The molecule has 0 aliphatic carbocycles. The molecule has 4 rings (SSSR count). The Balaban J connectivity index is 1.66. The zero-order valence-electron chi connectivity index (χ0n) is 15.7. The molecule has 0 unspecified atom stereocenters. The standard InChI is InChI=1S/C20H26N4O2/c1-4-17(25)24-11-16(20(13-24)8-9-23(3)12-20)19-21-18(22-26-19)15-7-5-6-14(2)10-15/h5-7,10,16H,4,8-9,11-13H2,1-3H3/t16-,20-/m0/s1. The largest absolute Gasteiger partial charge is 0.341 e. The van der Waals surface area contributed by atoms with Gasteiger partial charge in [0.15, 0.2) is 0 Å². The Hall–Kier alpha value is -2.21. The van der Waals surface area contributed by atoms with E-state index in [-0.39, 0.29) is 17.2 Å². The molecule has 1 amide bonds. The van der Waals surface area contributed by atoms with E-state index in [4.69, 9.17) is 9.51 Å². The molecule has 0 radical (unpaired) electrons. The quantitative estimate of drug-likeness (QED) is 0.848. The Morgan fingerprint density at radius 3 is 2.92 bits per heavy atom. The second-order valence-electron chi connectivity index (χ2n) is 7.86. The van der Waals surface area contributed by atoms with Crippen LogP contribution in [0.15, 0.2) is 28.8 Å². The molecule has 1 aromatic carbocycles. The number of benzene rings is 1. The first-order valence-corrected chi connectivity index (χ1v) is 9.38. The van der Waals surface area contributed by atoms with Gasteiger partial charge >= 0.3 is 0 Å². The van der Waals surface area contributed by atoms with Crippen molar-refractivity contribution in [3.8, 4) is 11.4 Å². The monoisotopic (exact) mass is 354 g/mol. The summed E-state index contributed by atoms with van der Waals surface area (Å²) in [5.41, 5.74) is 2.16. The maximum absolute atomic E-state index is 12.3. The van der Waals surface area contributed by atoms with Crippen LogP contribution in [-0.2, 0) is 4.79 Å². The number of aromatic nitrogens is 2. The second-order valence-corrected chi connectivity index (χ2v) is 7.86. The average molecular weight is 354 g/mol. The lowest BCUT2D eigenvalue weighted by Crippen LogP contribution is -2.34. The lowest BCUT2D eigenvalue weighted by Gasteiger charge is -2.27. The molecule has 1 aromatic heterocycles. The van der Waals surface area contributed by atoms with Gasteiger partial charge in [0.25, 0.3) is 0 Å². The number of carbonyl (C=O) groups excluding carboxylic acids is 1. The summed E-state index contributed by atoms with van der Waals surface area (Å²) in [5.74, 6) is 1.61. The third-order valence-corrected chi connectivity index (χ3v) is 5.90. The molecule has 2 fully saturated rings. The van der Waals surface area contributed by atoms with Crippen LogP contribution in [0.4, 0.5) is 0 Å². The summed E-state index contributed by atoms with van der Waals surface area (Å²) in [4.78, 5) is 21.4. The van der Waals surface area contributed by atoms with Gasteiger partial charge in [-0.15, -0.1) is 0 Å². The fourth-order valence-corrected chi connectivity index (χ4v) is 4.52. The number of nitrogens with zero attached hydrogens (tertiary/aromatic N) is 4. The molecule has 26 heavy (non-hydrogen) atoms. The van der Waals surface area contributed by atoms with E-state index in [2.05, 4.69) is 36.2 Å². The number of hydrogen-bond acceptors (Lipinski definition) is 5. The number of hydrogen-bond donors (Lipinski definition) is 0. The molecular weight excluding hydrogens is 328 g/mol. The third-order valence-electron chi connectivity index (χ3n) is 5.90. The Kier molecular flexibility index (Phi) is 4.31. The van der Waals surface area contributed by atoms with Crippen LogP contribution in [0.3, 0.4) is 0 Å². The first-order chi connectivity index (χ1) is 12.5. The highest BCUT2D eigenvalue weighted by Crippen LogP contribution is 2.48. The first kappa shape index (κ1) is 17.2. The minimum Gasteiger partial charge on any atom is -0.341 e. The van der Waals surface area contributed by atoms with E-state index in [0.29, 0.717) is 24.7 Å². The number of rotatable bonds is 3. The van der Waals surface area contributed by atoms with E-state index in [9.17, 15) is 4.79 Å². The average Bonchev–Trinajstić information content (AvgIpc) is 3.33. The summed E-state index contributed by atoms with van der Waals surface area (Å²) in [7, 11) is 2.14. The Morgan fingerprint density at radius 1 is 1.38 bits per heavy atom. The van der Waals surface area contributed by atoms with Crippen molar-refractivity contribution in [2.45, 2.75) is 32.6 Å². The molecule has 0 saturated carbocycles. The molecule has 0 N–H and O–H groups in total. The van der Waals surface area contributed by atoms with E-state index in [1.165, 1.54) is 5.56 Å². The van der Waals surface area contributed by atoms with E-state index < -0.39 is 0 Å². The Morgan fingerprint density at radius 2 is 2.23 bits per heavy atom. The van der Waals surface area contributed by atoms with Gasteiger partial charge in [-0.05, 0) is 33.0 Å².